The lowest BCUT2D eigenvalue weighted by atomic mass is 9.77. The van der Waals surface area contributed by atoms with Crippen molar-refractivity contribution in [2.24, 2.45) is 11.8 Å². The van der Waals surface area contributed by atoms with E-state index < -0.39 is 0 Å². The van der Waals surface area contributed by atoms with Gasteiger partial charge in [-0.15, -0.1) is 0 Å². The molecule has 4 aromatic carbocycles. The zero-order valence-electron chi connectivity index (χ0n) is 19.7. The van der Waals surface area contributed by atoms with E-state index in [4.69, 9.17) is 0 Å². The molecule has 1 saturated carbocycles. The molecule has 0 radical (unpaired) electrons. The van der Waals surface area contributed by atoms with Crippen LogP contribution < -0.4 is 0 Å². The van der Waals surface area contributed by atoms with Gasteiger partial charge in [0.15, 0.2) is 0 Å². The summed E-state index contributed by atoms with van der Waals surface area (Å²) in [5, 5.41) is 5.57. The van der Waals surface area contributed by atoms with Crippen LogP contribution in [0.25, 0.3) is 21.5 Å². The minimum atomic E-state index is 0.850. The number of hydrogen-bond donors (Lipinski definition) is 0. The van der Waals surface area contributed by atoms with Crippen LogP contribution in [0, 0.1) is 11.8 Å². The van der Waals surface area contributed by atoms with E-state index in [2.05, 4.69) is 86.6 Å². The molecule has 0 heteroatoms. The molecule has 32 heavy (non-hydrogen) atoms. The summed E-state index contributed by atoms with van der Waals surface area (Å²) >= 11 is 0. The quantitative estimate of drug-likeness (QED) is 0.292. The lowest BCUT2D eigenvalue weighted by Gasteiger charge is -2.29. The topological polar surface area (TPSA) is 0 Å². The van der Waals surface area contributed by atoms with Gasteiger partial charge in [0.05, 0.1) is 0 Å². The Morgan fingerprint density at radius 2 is 0.781 bits per heavy atom. The predicted molar refractivity (Wildman–Crippen MR) is 140 cm³/mol. The van der Waals surface area contributed by atoms with Gasteiger partial charge in [0, 0.05) is 0 Å². The fourth-order valence-electron chi connectivity index (χ4n) is 5.69. The predicted octanol–water partition coefficient (Wildman–Crippen LogP) is 8.71. The Morgan fingerprint density at radius 1 is 0.469 bits per heavy atom. The Hall–Kier alpha value is -2.60. The summed E-state index contributed by atoms with van der Waals surface area (Å²) in [6.45, 7) is 4.46. The Morgan fingerprint density at radius 3 is 1.12 bits per heavy atom. The van der Waals surface area contributed by atoms with Crippen molar-refractivity contribution >= 4 is 21.5 Å². The van der Waals surface area contributed by atoms with Gasteiger partial charge in [-0.2, -0.15) is 0 Å². The first-order chi connectivity index (χ1) is 15.7. The maximum absolute atomic E-state index is 2.43. The third kappa shape index (κ3) is 4.75. The van der Waals surface area contributed by atoms with E-state index in [-0.39, 0.29) is 0 Å². The van der Waals surface area contributed by atoms with Crippen molar-refractivity contribution in [1.29, 1.82) is 0 Å². The third-order valence-corrected chi connectivity index (χ3v) is 7.77. The third-order valence-electron chi connectivity index (χ3n) is 7.77. The molecule has 1 aliphatic carbocycles. The first-order valence-corrected chi connectivity index (χ1v) is 12.7. The molecule has 0 heterocycles. The van der Waals surface area contributed by atoms with Crippen LogP contribution in [-0.2, 0) is 25.7 Å². The highest BCUT2D eigenvalue weighted by Gasteiger charge is 2.22. The van der Waals surface area contributed by atoms with Crippen molar-refractivity contribution in [2.45, 2.75) is 65.2 Å². The van der Waals surface area contributed by atoms with Gasteiger partial charge in [0.25, 0.3) is 0 Å². The molecule has 164 valence electrons. The molecule has 0 aliphatic heterocycles. The Labute approximate surface area is 193 Å². The van der Waals surface area contributed by atoms with E-state index in [1.807, 2.05) is 0 Å². The van der Waals surface area contributed by atoms with E-state index in [0.29, 0.717) is 0 Å². The molecule has 0 N–H and O–H groups in total. The number of aryl methyl sites for hydroxylation is 2. The molecular weight excluding hydrogens is 384 g/mol. The summed E-state index contributed by atoms with van der Waals surface area (Å²) in [7, 11) is 0. The zero-order valence-corrected chi connectivity index (χ0v) is 19.7. The van der Waals surface area contributed by atoms with Crippen molar-refractivity contribution in [3.05, 3.63) is 95.1 Å². The molecule has 0 atom stereocenters. The highest BCUT2D eigenvalue weighted by atomic mass is 14.3. The zero-order chi connectivity index (χ0) is 21.9. The molecule has 1 aliphatic rings. The lowest BCUT2D eigenvalue weighted by molar-refractivity contribution is 0.272. The summed E-state index contributed by atoms with van der Waals surface area (Å²) in [5.41, 5.74) is 5.90. The van der Waals surface area contributed by atoms with Gasteiger partial charge in [-0.3, -0.25) is 0 Å². The minimum absolute atomic E-state index is 0.850. The van der Waals surface area contributed by atoms with Crippen LogP contribution in [0.4, 0.5) is 0 Å². The van der Waals surface area contributed by atoms with Crippen LogP contribution >= 0.6 is 0 Å². The average Bonchev–Trinajstić information content (AvgIpc) is 2.84. The molecule has 0 amide bonds. The van der Waals surface area contributed by atoms with Crippen molar-refractivity contribution in [3.63, 3.8) is 0 Å². The molecule has 0 aromatic heterocycles. The second kappa shape index (κ2) is 9.49. The molecule has 0 bridgehead atoms. The number of benzene rings is 4. The van der Waals surface area contributed by atoms with Crippen molar-refractivity contribution in [3.8, 4) is 0 Å². The summed E-state index contributed by atoms with van der Waals surface area (Å²) in [5.74, 6) is 1.70. The Kier molecular flexibility index (Phi) is 6.30. The van der Waals surface area contributed by atoms with Gasteiger partial charge < -0.3 is 0 Å². The SMILES string of the molecule is CCc1ccc2cc(CC3CCC(Cc4ccc5cc(CC)ccc5c4)CC3)ccc2c1. The summed E-state index contributed by atoms with van der Waals surface area (Å²) in [6, 6.07) is 28.1. The van der Waals surface area contributed by atoms with Gasteiger partial charge in [0.2, 0.25) is 0 Å². The van der Waals surface area contributed by atoms with Crippen LogP contribution in [0.15, 0.2) is 72.8 Å². The summed E-state index contributed by atoms with van der Waals surface area (Å²) < 4.78 is 0. The molecule has 0 nitrogen and oxygen atoms in total. The number of rotatable bonds is 6. The highest BCUT2D eigenvalue weighted by molar-refractivity contribution is 5.84. The van der Waals surface area contributed by atoms with Crippen LogP contribution in [0.5, 0.6) is 0 Å². The second-order valence-electron chi connectivity index (χ2n) is 10.0. The first-order valence-electron chi connectivity index (χ1n) is 12.7. The fourth-order valence-corrected chi connectivity index (χ4v) is 5.69. The van der Waals surface area contributed by atoms with Gasteiger partial charge in [-0.05, 0) is 107 Å². The van der Waals surface area contributed by atoms with Crippen molar-refractivity contribution in [2.75, 3.05) is 0 Å². The monoisotopic (exact) mass is 420 g/mol. The number of fused-ring (bicyclic) bond motifs is 2. The van der Waals surface area contributed by atoms with Crippen LogP contribution in [0.3, 0.4) is 0 Å². The summed E-state index contributed by atoms with van der Waals surface area (Å²) in [4.78, 5) is 0. The second-order valence-corrected chi connectivity index (χ2v) is 10.0. The van der Waals surface area contributed by atoms with E-state index >= 15 is 0 Å². The first kappa shape index (κ1) is 21.3. The smallest absolute Gasteiger partial charge is 0.0181 e. The maximum atomic E-state index is 2.43. The van der Waals surface area contributed by atoms with Gasteiger partial charge >= 0.3 is 0 Å². The standard InChI is InChI=1S/C32H36/c1-3-23-9-13-31-21-27(11-15-29(31)19-23)17-25-5-7-26(8-6-25)18-28-12-16-30-20-24(4-2)10-14-32(30)22-28/h9-16,19-22,25-26H,3-8,17-18H2,1-2H3. The van der Waals surface area contributed by atoms with E-state index in [1.165, 1.54) is 82.3 Å². The fraction of sp³-hybridized carbons (Fsp3) is 0.375. The van der Waals surface area contributed by atoms with Gasteiger partial charge in [-0.1, -0.05) is 86.6 Å². The van der Waals surface area contributed by atoms with Gasteiger partial charge in [0.1, 0.15) is 0 Å². The van der Waals surface area contributed by atoms with Crippen molar-refractivity contribution in [1.82, 2.24) is 0 Å². The molecule has 5 rings (SSSR count). The molecule has 0 spiro atoms. The largest absolute Gasteiger partial charge is 0.0613 e. The van der Waals surface area contributed by atoms with Crippen molar-refractivity contribution < 1.29 is 0 Å². The highest BCUT2D eigenvalue weighted by Crippen LogP contribution is 2.34. The average molecular weight is 421 g/mol. The maximum Gasteiger partial charge on any atom is -0.0181 e. The normalized spacial score (nSPS) is 18.9. The Bertz CT molecular complexity index is 1110. The molecule has 1 fully saturated rings. The molecule has 0 saturated heterocycles. The minimum Gasteiger partial charge on any atom is -0.0613 e. The molecule has 0 unspecified atom stereocenters. The van der Waals surface area contributed by atoms with E-state index in [1.54, 1.807) is 0 Å². The Balaban J connectivity index is 1.18. The molecule has 4 aromatic rings. The van der Waals surface area contributed by atoms with E-state index in [0.717, 1.165) is 24.7 Å². The molecular formula is C32H36. The lowest BCUT2D eigenvalue weighted by Crippen LogP contribution is -2.18. The van der Waals surface area contributed by atoms with E-state index in [9.17, 15) is 0 Å². The summed E-state index contributed by atoms with van der Waals surface area (Å²) in [6.07, 6.45) is 10.2. The van der Waals surface area contributed by atoms with Crippen LogP contribution in [0.2, 0.25) is 0 Å². The van der Waals surface area contributed by atoms with Crippen LogP contribution in [-0.4, -0.2) is 0 Å². The van der Waals surface area contributed by atoms with Gasteiger partial charge in [-0.25, -0.2) is 0 Å². The number of hydrogen-bond acceptors (Lipinski definition) is 0. The van der Waals surface area contributed by atoms with Crippen LogP contribution in [0.1, 0.15) is 61.8 Å².